The predicted molar refractivity (Wildman–Crippen MR) is 69.3 cm³/mol. The monoisotopic (exact) mass is 339 g/mol. The van der Waals surface area contributed by atoms with E-state index in [4.69, 9.17) is 11.6 Å². The first-order chi connectivity index (χ1) is 9.81. The Labute approximate surface area is 125 Å². The van der Waals surface area contributed by atoms with Crippen LogP contribution in [0.3, 0.4) is 0 Å². The van der Waals surface area contributed by atoms with E-state index in [1.807, 2.05) is 6.92 Å². The molecule has 0 aliphatic rings. The van der Waals surface area contributed by atoms with Crippen molar-refractivity contribution in [2.75, 3.05) is 0 Å². The SMILES string of the molecule is CCCn1c(Sc2cc(Cl)nc(C(F)(F)F)n2)n[nH]c1=O. The number of halogens is 4. The van der Waals surface area contributed by atoms with Crippen LogP contribution in [-0.4, -0.2) is 24.7 Å². The molecule has 0 aliphatic heterocycles. The van der Waals surface area contributed by atoms with Crippen molar-refractivity contribution in [3.8, 4) is 0 Å². The van der Waals surface area contributed by atoms with Gasteiger partial charge in [-0.05, 0) is 18.2 Å². The zero-order chi connectivity index (χ0) is 15.6. The molecule has 0 radical (unpaired) electrons. The van der Waals surface area contributed by atoms with Gasteiger partial charge in [-0.2, -0.15) is 13.2 Å². The van der Waals surface area contributed by atoms with E-state index in [0.29, 0.717) is 13.0 Å². The molecule has 114 valence electrons. The molecule has 0 amide bonds. The Balaban J connectivity index is 2.36. The second kappa shape index (κ2) is 6.06. The normalized spacial score (nSPS) is 11.9. The highest BCUT2D eigenvalue weighted by molar-refractivity contribution is 7.99. The number of aromatic nitrogens is 5. The van der Waals surface area contributed by atoms with E-state index in [1.54, 1.807) is 0 Å². The molecule has 0 aliphatic carbocycles. The first-order valence-corrected chi connectivity index (χ1v) is 6.95. The Kier molecular flexibility index (Phi) is 4.57. The number of rotatable bonds is 4. The molecular weight excluding hydrogens is 331 g/mol. The molecule has 1 N–H and O–H groups in total. The Morgan fingerprint density at radius 3 is 2.76 bits per heavy atom. The van der Waals surface area contributed by atoms with Crippen molar-refractivity contribution in [2.24, 2.45) is 0 Å². The lowest BCUT2D eigenvalue weighted by atomic mass is 10.5. The number of alkyl halides is 3. The molecule has 21 heavy (non-hydrogen) atoms. The summed E-state index contributed by atoms with van der Waals surface area (Å²) >= 11 is 6.37. The van der Waals surface area contributed by atoms with Crippen molar-refractivity contribution in [1.82, 2.24) is 24.7 Å². The summed E-state index contributed by atoms with van der Waals surface area (Å²) in [5.74, 6) is -1.34. The van der Waals surface area contributed by atoms with Gasteiger partial charge in [-0.3, -0.25) is 4.57 Å². The smallest absolute Gasteiger partial charge is 0.270 e. The summed E-state index contributed by atoms with van der Waals surface area (Å²) in [4.78, 5) is 18.0. The van der Waals surface area contributed by atoms with Gasteiger partial charge < -0.3 is 0 Å². The fraction of sp³-hybridized carbons (Fsp3) is 0.400. The van der Waals surface area contributed by atoms with E-state index in [1.165, 1.54) is 10.6 Å². The average molecular weight is 340 g/mol. The molecule has 0 saturated carbocycles. The molecule has 11 heteroatoms. The van der Waals surface area contributed by atoms with E-state index in [-0.39, 0.29) is 15.3 Å². The van der Waals surface area contributed by atoms with E-state index < -0.39 is 17.7 Å². The van der Waals surface area contributed by atoms with Gasteiger partial charge in [0.1, 0.15) is 10.2 Å². The molecular formula is C10H9ClF3N5OS. The highest BCUT2D eigenvalue weighted by atomic mass is 35.5. The molecule has 6 nitrogen and oxygen atoms in total. The van der Waals surface area contributed by atoms with Gasteiger partial charge in [0.25, 0.3) is 0 Å². The van der Waals surface area contributed by atoms with Crippen molar-refractivity contribution >= 4 is 23.4 Å². The fourth-order valence-corrected chi connectivity index (χ4v) is 2.59. The standard InChI is InChI=1S/C10H9ClF3N5OS/c1-2-3-19-8(20)17-18-9(19)21-6-4-5(11)15-7(16-6)10(12,13)14/h4H,2-3H2,1H3,(H,17,20). The van der Waals surface area contributed by atoms with Crippen LogP contribution in [0.5, 0.6) is 0 Å². The van der Waals surface area contributed by atoms with E-state index in [2.05, 4.69) is 20.2 Å². The molecule has 2 aromatic rings. The van der Waals surface area contributed by atoms with Gasteiger partial charge in [-0.15, -0.1) is 5.10 Å². The lowest BCUT2D eigenvalue weighted by molar-refractivity contribution is -0.145. The van der Waals surface area contributed by atoms with Crippen molar-refractivity contribution in [3.63, 3.8) is 0 Å². The number of nitrogens with zero attached hydrogens (tertiary/aromatic N) is 4. The summed E-state index contributed by atoms with van der Waals surface area (Å²) in [5.41, 5.74) is -0.435. The molecule has 0 aromatic carbocycles. The van der Waals surface area contributed by atoms with Crippen LogP contribution >= 0.6 is 23.4 Å². The van der Waals surface area contributed by atoms with Gasteiger partial charge in [0, 0.05) is 12.6 Å². The van der Waals surface area contributed by atoms with Gasteiger partial charge in [0.2, 0.25) is 5.82 Å². The second-order valence-corrected chi connectivity index (χ2v) is 5.29. The summed E-state index contributed by atoms with van der Waals surface area (Å²) in [6, 6.07) is 1.18. The van der Waals surface area contributed by atoms with Crippen LogP contribution in [0.25, 0.3) is 0 Å². The molecule has 0 fully saturated rings. The minimum Gasteiger partial charge on any atom is -0.270 e. The molecule has 0 bridgehead atoms. The summed E-state index contributed by atoms with van der Waals surface area (Å²) in [7, 11) is 0. The maximum Gasteiger partial charge on any atom is 0.451 e. The van der Waals surface area contributed by atoms with Crippen LogP contribution in [-0.2, 0) is 12.7 Å². The molecule has 0 saturated heterocycles. The predicted octanol–water partition coefficient (Wildman–Crippen LogP) is 2.59. The van der Waals surface area contributed by atoms with E-state index in [0.717, 1.165) is 11.8 Å². The number of hydrogen-bond donors (Lipinski definition) is 1. The Bertz CT molecular complexity index is 699. The molecule has 2 aromatic heterocycles. The summed E-state index contributed by atoms with van der Waals surface area (Å²) in [6.45, 7) is 2.25. The van der Waals surface area contributed by atoms with Crippen molar-refractivity contribution in [1.29, 1.82) is 0 Å². The second-order valence-electron chi connectivity index (χ2n) is 3.92. The number of hydrogen-bond acceptors (Lipinski definition) is 5. The fourth-order valence-electron chi connectivity index (χ4n) is 1.47. The molecule has 2 heterocycles. The van der Waals surface area contributed by atoms with Gasteiger partial charge in [-0.1, -0.05) is 18.5 Å². The van der Waals surface area contributed by atoms with Crippen molar-refractivity contribution in [3.05, 3.63) is 27.5 Å². The van der Waals surface area contributed by atoms with Gasteiger partial charge in [0.15, 0.2) is 5.16 Å². The largest absolute Gasteiger partial charge is 0.451 e. The maximum atomic E-state index is 12.6. The topological polar surface area (TPSA) is 76.5 Å². The third kappa shape index (κ3) is 3.76. The number of H-pyrrole nitrogens is 1. The zero-order valence-electron chi connectivity index (χ0n) is 10.6. The quantitative estimate of drug-likeness (QED) is 0.866. The minimum atomic E-state index is -4.70. The third-order valence-corrected chi connectivity index (χ3v) is 3.40. The Hall–Kier alpha value is -1.55. The van der Waals surface area contributed by atoms with Crippen molar-refractivity contribution < 1.29 is 13.2 Å². The first-order valence-electron chi connectivity index (χ1n) is 5.76. The van der Waals surface area contributed by atoms with E-state index >= 15 is 0 Å². The third-order valence-electron chi connectivity index (χ3n) is 2.29. The van der Waals surface area contributed by atoms with Gasteiger partial charge >= 0.3 is 11.9 Å². The average Bonchev–Trinajstić information content (AvgIpc) is 2.70. The van der Waals surface area contributed by atoms with Crippen LogP contribution < -0.4 is 5.69 Å². The van der Waals surface area contributed by atoms with Gasteiger partial charge in [-0.25, -0.2) is 19.9 Å². The highest BCUT2D eigenvalue weighted by Crippen LogP contribution is 2.31. The van der Waals surface area contributed by atoms with Crippen molar-refractivity contribution in [2.45, 2.75) is 36.2 Å². The molecule has 0 spiro atoms. The van der Waals surface area contributed by atoms with Crippen LogP contribution in [0.4, 0.5) is 13.2 Å². The lowest BCUT2D eigenvalue weighted by Crippen LogP contribution is -2.17. The Morgan fingerprint density at radius 1 is 1.43 bits per heavy atom. The number of aromatic amines is 1. The molecule has 2 rings (SSSR count). The minimum absolute atomic E-state index is 0.0429. The number of nitrogens with one attached hydrogen (secondary N) is 1. The van der Waals surface area contributed by atoms with Gasteiger partial charge in [0.05, 0.1) is 0 Å². The van der Waals surface area contributed by atoms with Crippen LogP contribution in [0.15, 0.2) is 21.0 Å². The van der Waals surface area contributed by atoms with Crippen LogP contribution in [0.2, 0.25) is 5.15 Å². The molecule has 0 atom stereocenters. The van der Waals surface area contributed by atoms with E-state index in [9.17, 15) is 18.0 Å². The summed E-state index contributed by atoms with van der Waals surface area (Å²) in [5, 5.41) is 5.83. The highest BCUT2D eigenvalue weighted by Gasteiger charge is 2.35. The maximum absolute atomic E-state index is 12.6. The first kappa shape index (κ1) is 15.8. The summed E-state index contributed by atoms with van der Waals surface area (Å²) in [6.07, 6.45) is -4.03. The van der Waals surface area contributed by atoms with Crippen LogP contribution in [0, 0.1) is 0 Å². The summed E-state index contributed by atoms with van der Waals surface area (Å²) < 4.78 is 39.2. The Morgan fingerprint density at radius 2 is 2.14 bits per heavy atom. The zero-order valence-corrected chi connectivity index (χ0v) is 12.2. The lowest BCUT2D eigenvalue weighted by Gasteiger charge is -2.07. The molecule has 0 unspecified atom stereocenters. The van der Waals surface area contributed by atoms with Crippen LogP contribution in [0.1, 0.15) is 19.2 Å².